The third kappa shape index (κ3) is 3.73. The van der Waals surface area contributed by atoms with Gasteiger partial charge in [0.15, 0.2) is 0 Å². The second-order valence-electron chi connectivity index (χ2n) is 5.31. The Balaban J connectivity index is 2.10. The Morgan fingerprint density at radius 1 is 1.20 bits per heavy atom. The maximum Gasteiger partial charge on any atom is 0.237 e. The van der Waals surface area contributed by atoms with E-state index in [2.05, 4.69) is 42.3 Å². The Labute approximate surface area is 121 Å². The molecule has 0 amide bonds. The lowest BCUT2D eigenvalue weighted by Crippen LogP contribution is -2.10. The van der Waals surface area contributed by atoms with Gasteiger partial charge in [0, 0.05) is 12.7 Å². The molecule has 20 heavy (non-hydrogen) atoms. The molecule has 0 saturated heterocycles. The number of hydrogen-bond donors (Lipinski definition) is 1. The molecule has 2 aromatic rings. The SMILES string of the molecule is Cc1ccc(CNc2cccnc2OC(C)C)c(C)c1. The minimum absolute atomic E-state index is 0.117. The lowest BCUT2D eigenvalue weighted by atomic mass is 10.1. The van der Waals surface area contributed by atoms with E-state index >= 15 is 0 Å². The maximum atomic E-state index is 5.71. The van der Waals surface area contributed by atoms with Crippen LogP contribution < -0.4 is 10.1 Å². The first-order valence-electron chi connectivity index (χ1n) is 6.98. The van der Waals surface area contributed by atoms with Crippen molar-refractivity contribution in [1.29, 1.82) is 0 Å². The summed E-state index contributed by atoms with van der Waals surface area (Å²) >= 11 is 0. The molecule has 2 rings (SSSR count). The number of aryl methyl sites for hydroxylation is 2. The predicted octanol–water partition coefficient (Wildman–Crippen LogP) is 4.10. The van der Waals surface area contributed by atoms with E-state index in [0.29, 0.717) is 5.88 Å². The van der Waals surface area contributed by atoms with Gasteiger partial charge in [0.25, 0.3) is 0 Å². The zero-order chi connectivity index (χ0) is 14.5. The summed E-state index contributed by atoms with van der Waals surface area (Å²) in [5, 5.41) is 3.41. The van der Waals surface area contributed by atoms with Gasteiger partial charge in [-0.3, -0.25) is 0 Å². The topological polar surface area (TPSA) is 34.2 Å². The first-order chi connectivity index (χ1) is 9.56. The van der Waals surface area contributed by atoms with Crippen LogP contribution in [0.4, 0.5) is 5.69 Å². The molecular formula is C17H22N2O. The lowest BCUT2D eigenvalue weighted by Gasteiger charge is -2.15. The Hall–Kier alpha value is -2.03. The number of ether oxygens (including phenoxy) is 1. The van der Waals surface area contributed by atoms with E-state index < -0.39 is 0 Å². The van der Waals surface area contributed by atoms with Crippen LogP contribution in [-0.4, -0.2) is 11.1 Å². The number of rotatable bonds is 5. The second kappa shape index (κ2) is 6.42. The predicted molar refractivity (Wildman–Crippen MR) is 83.2 cm³/mol. The van der Waals surface area contributed by atoms with Crippen molar-refractivity contribution in [2.24, 2.45) is 0 Å². The van der Waals surface area contributed by atoms with Gasteiger partial charge in [0.05, 0.1) is 11.8 Å². The van der Waals surface area contributed by atoms with Crippen LogP contribution in [0.2, 0.25) is 0 Å². The zero-order valence-corrected chi connectivity index (χ0v) is 12.6. The molecule has 0 spiro atoms. The molecule has 1 aromatic heterocycles. The van der Waals surface area contributed by atoms with Crippen LogP contribution >= 0.6 is 0 Å². The number of pyridine rings is 1. The minimum Gasteiger partial charge on any atom is -0.473 e. The molecule has 0 aliphatic carbocycles. The van der Waals surface area contributed by atoms with Gasteiger partial charge in [-0.1, -0.05) is 23.8 Å². The molecule has 0 fully saturated rings. The lowest BCUT2D eigenvalue weighted by molar-refractivity contribution is 0.234. The number of nitrogens with one attached hydrogen (secondary N) is 1. The van der Waals surface area contributed by atoms with Crippen LogP contribution in [0.1, 0.15) is 30.5 Å². The average molecular weight is 270 g/mol. The molecule has 1 N–H and O–H groups in total. The van der Waals surface area contributed by atoms with Crippen molar-refractivity contribution in [3.8, 4) is 5.88 Å². The Bertz CT molecular complexity index is 579. The third-order valence-electron chi connectivity index (χ3n) is 3.09. The fourth-order valence-electron chi connectivity index (χ4n) is 2.08. The van der Waals surface area contributed by atoms with Crippen molar-refractivity contribution in [1.82, 2.24) is 4.98 Å². The average Bonchev–Trinajstić information content (AvgIpc) is 2.39. The molecule has 0 atom stereocenters. The molecule has 0 aliphatic rings. The fraction of sp³-hybridized carbons (Fsp3) is 0.353. The summed E-state index contributed by atoms with van der Waals surface area (Å²) in [6.45, 7) is 9.02. The van der Waals surface area contributed by atoms with Gasteiger partial charge < -0.3 is 10.1 Å². The standard InChI is InChI=1S/C17H22N2O/c1-12(2)20-17-16(6-5-9-18-17)19-11-15-8-7-13(3)10-14(15)4/h5-10,12,19H,11H2,1-4H3. The molecule has 0 bridgehead atoms. The number of anilines is 1. The second-order valence-corrected chi connectivity index (χ2v) is 5.31. The van der Waals surface area contributed by atoms with Gasteiger partial charge in [0.1, 0.15) is 0 Å². The highest BCUT2D eigenvalue weighted by molar-refractivity contribution is 5.52. The van der Waals surface area contributed by atoms with Gasteiger partial charge in [-0.2, -0.15) is 0 Å². The van der Waals surface area contributed by atoms with E-state index in [4.69, 9.17) is 4.74 Å². The van der Waals surface area contributed by atoms with Crippen LogP contribution in [0.5, 0.6) is 5.88 Å². The van der Waals surface area contributed by atoms with Gasteiger partial charge in [-0.15, -0.1) is 0 Å². The molecule has 0 saturated carbocycles. The van der Waals surface area contributed by atoms with Crippen molar-refractivity contribution < 1.29 is 4.74 Å². The number of nitrogens with zero attached hydrogens (tertiary/aromatic N) is 1. The summed E-state index contributed by atoms with van der Waals surface area (Å²) in [5.74, 6) is 0.660. The fourth-order valence-corrected chi connectivity index (χ4v) is 2.08. The van der Waals surface area contributed by atoms with Gasteiger partial charge in [0.2, 0.25) is 5.88 Å². The van der Waals surface area contributed by atoms with E-state index in [9.17, 15) is 0 Å². The molecule has 106 valence electrons. The van der Waals surface area contributed by atoms with Crippen molar-refractivity contribution in [3.63, 3.8) is 0 Å². The molecule has 0 radical (unpaired) electrons. The molecule has 3 nitrogen and oxygen atoms in total. The number of aromatic nitrogens is 1. The smallest absolute Gasteiger partial charge is 0.237 e. The monoisotopic (exact) mass is 270 g/mol. The Morgan fingerprint density at radius 3 is 2.70 bits per heavy atom. The molecule has 0 aliphatic heterocycles. The molecule has 1 heterocycles. The maximum absolute atomic E-state index is 5.71. The summed E-state index contributed by atoms with van der Waals surface area (Å²) in [6, 6.07) is 10.4. The Morgan fingerprint density at radius 2 is 2.00 bits per heavy atom. The highest BCUT2D eigenvalue weighted by Gasteiger charge is 2.07. The molecule has 3 heteroatoms. The number of benzene rings is 1. The van der Waals surface area contributed by atoms with Crippen molar-refractivity contribution in [2.45, 2.75) is 40.3 Å². The normalized spacial score (nSPS) is 10.7. The quantitative estimate of drug-likeness (QED) is 0.888. The Kier molecular flexibility index (Phi) is 4.61. The van der Waals surface area contributed by atoms with E-state index in [1.54, 1.807) is 6.20 Å². The largest absolute Gasteiger partial charge is 0.473 e. The zero-order valence-electron chi connectivity index (χ0n) is 12.6. The summed E-state index contributed by atoms with van der Waals surface area (Å²) in [5.41, 5.74) is 4.81. The minimum atomic E-state index is 0.117. The summed E-state index contributed by atoms with van der Waals surface area (Å²) in [4.78, 5) is 4.28. The first kappa shape index (κ1) is 14.4. The van der Waals surface area contributed by atoms with Gasteiger partial charge in [-0.25, -0.2) is 4.98 Å². The van der Waals surface area contributed by atoms with Crippen molar-refractivity contribution in [3.05, 3.63) is 53.2 Å². The van der Waals surface area contributed by atoms with Gasteiger partial charge in [-0.05, 0) is 51.0 Å². The van der Waals surface area contributed by atoms with Crippen LogP contribution in [0.3, 0.4) is 0 Å². The van der Waals surface area contributed by atoms with E-state index in [1.165, 1.54) is 16.7 Å². The number of hydrogen-bond acceptors (Lipinski definition) is 3. The van der Waals surface area contributed by atoms with Gasteiger partial charge >= 0.3 is 0 Å². The van der Waals surface area contributed by atoms with Crippen LogP contribution in [0.15, 0.2) is 36.5 Å². The van der Waals surface area contributed by atoms with E-state index in [0.717, 1.165) is 12.2 Å². The van der Waals surface area contributed by atoms with Crippen LogP contribution in [-0.2, 0) is 6.54 Å². The van der Waals surface area contributed by atoms with Crippen molar-refractivity contribution in [2.75, 3.05) is 5.32 Å². The summed E-state index contributed by atoms with van der Waals surface area (Å²) in [7, 11) is 0. The van der Waals surface area contributed by atoms with Crippen LogP contribution in [0, 0.1) is 13.8 Å². The summed E-state index contributed by atoms with van der Waals surface area (Å²) < 4.78 is 5.71. The highest BCUT2D eigenvalue weighted by atomic mass is 16.5. The van der Waals surface area contributed by atoms with E-state index in [1.807, 2.05) is 26.0 Å². The molecular weight excluding hydrogens is 248 g/mol. The molecule has 1 aromatic carbocycles. The van der Waals surface area contributed by atoms with Crippen molar-refractivity contribution >= 4 is 5.69 Å². The third-order valence-corrected chi connectivity index (χ3v) is 3.09. The summed E-state index contributed by atoms with van der Waals surface area (Å²) in [6.07, 6.45) is 1.87. The van der Waals surface area contributed by atoms with E-state index in [-0.39, 0.29) is 6.10 Å². The highest BCUT2D eigenvalue weighted by Crippen LogP contribution is 2.23. The van der Waals surface area contributed by atoms with Crippen LogP contribution in [0.25, 0.3) is 0 Å². The molecule has 0 unspecified atom stereocenters. The first-order valence-corrected chi connectivity index (χ1v) is 6.98.